The predicted molar refractivity (Wildman–Crippen MR) is 82.4 cm³/mol. The highest BCUT2D eigenvalue weighted by molar-refractivity contribution is 5.89. The number of hydrogen-bond donors (Lipinski definition) is 3. The monoisotopic (exact) mass is 285 g/mol. The van der Waals surface area contributed by atoms with Crippen LogP contribution in [-0.2, 0) is 9.59 Å². The molecule has 0 heterocycles. The molecule has 2 amide bonds. The van der Waals surface area contributed by atoms with Crippen LogP contribution in [0.3, 0.4) is 0 Å². The van der Waals surface area contributed by atoms with Gasteiger partial charge >= 0.3 is 0 Å². The fourth-order valence-electron chi connectivity index (χ4n) is 1.76. The Labute approximate surface area is 123 Å². The quantitative estimate of drug-likeness (QED) is 0.629. The zero-order chi connectivity index (χ0) is 15.9. The van der Waals surface area contributed by atoms with Gasteiger partial charge in [0.2, 0.25) is 11.8 Å². The van der Waals surface area contributed by atoms with E-state index in [-0.39, 0.29) is 29.8 Å². The second-order valence-electron chi connectivity index (χ2n) is 6.41. The van der Waals surface area contributed by atoms with Gasteiger partial charge in [-0.15, -0.1) is 0 Å². The number of rotatable bonds is 8. The molecule has 0 saturated carbocycles. The summed E-state index contributed by atoms with van der Waals surface area (Å²) >= 11 is 0. The molecule has 5 nitrogen and oxygen atoms in total. The summed E-state index contributed by atoms with van der Waals surface area (Å²) in [5, 5.41) is 8.83. The van der Waals surface area contributed by atoms with E-state index < -0.39 is 6.04 Å². The van der Waals surface area contributed by atoms with Gasteiger partial charge in [-0.05, 0) is 18.8 Å². The summed E-state index contributed by atoms with van der Waals surface area (Å²) in [5.41, 5.74) is 0. The summed E-state index contributed by atoms with van der Waals surface area (Å²) in [6.07, 6.45) is 0. The third kappa shape index (κ3) is 7.48. The molecule has 0 spiro atoms. The van der Waals surface area contributed by atoms with E-state index in [1.807, 2.05) is 41.5 Å². The van der Waals surface area contributed by atoms with Gasteiger partial charge in [-0.1, -0.05) is 41.5 Å². The van der Waals surface area contributed by atoms with Gasteiger partial charge in [-0.25, -0.2) is 0 Å². The summed E-state index contributed by atoms with van der Waals surface area (Å²) in [7, 11) is 0. The topological polar surface area (TPSA) is 70.2 Å². The molecule has 0 aromatic carbocycles. The van der Waals surface area contributed by atoms with E-state index in [1.54, 1.807) is 6.92 Å². The van der Waals surface area contributed by atoms with E-state index in [1.165, 1.54) is 0 Å². The Balaban J connectivity index is 4.43. The van der Waals surface area contributed by atoms with Crippen LogP contribution < -0.4 is 16.0 Å². The van der Waals surface area contributed by atoms with Gasteiger partial charge in [0.05, 0.1) is 6.04 Å². The maximum Gasteiger partial charge on any atom is 0.242 e. The number of nitrogens with one attached hydrogen (secondary N) is 3. The Bertz CT molecular complexity index is 314. The molecule has 0 radical (unpaired) electrons. The summed E-state index contributed by atoms with van der Waals surface area (Å²) in [4.78, 5) is 24.1. The van der Waals surface area contributed by atoms with E-state index in [4.69, 9.17) is 0 Å². The first-order chi connectivity index (χ1) is 9.15. The molecule has 0 rings (SSSR count). The fraction of sp³-hybridized carbons (Fsp3) is 0.867. The summed E-state index contributed by atoms with van der Waals surface area (Å²) in [6, 6.07) is -0.579. The molecule has 20 heavy (non-hydrogen) atoms. The minimum Gasteiger partial charge on any atom is -0.354 e. The fourth-order valence-corrected chi connectivity index (χ4v) is 1.76. The van der Waals surface area contributed by atoms with Gasteiger partial charge < -0.3 is 16.0 Å². The van der Waals surface area contributed by atoms with Gasteiger partial charge in [-0.3, -0.25) is 9.59 Å². The molecule has 3 N–H and O–H groups in total. The van der Waals surface area contributed by atoms with Crippen molar-refractivity contribution < 1.29 is 9.59 Å². The molecule has 2 atom stereocenters. The Kier molecular flexibility index (Phi) is 8.46. The third-order valence-corrected chi connectivity index (χ3v) is 2.90. The van der Waals surface area contributed by atoms with Crippen molar-refractivity contribution in [1.82, 2.24) is 16.0 Å². The highest BCUT2D eigenvalue weighted by atomic mass is 16.2. The predicted octanol–water partition coefficient (Wildman–Crippen LogP) is 1.29. The van der Waals surface area contributed by atoms with Crippen LogP contribution in [0.25, 0.3) is 0 Å². The Morgan fingerprint density at radius 2 is 1.45 bits per heavy atom. The minimum absolute atomic E-state index is 0.124. The molecule has 0 aliphatic rings. The normalized spacial score (nSPS) is 14.5. The van der Waals surface area contributed by atoms with Crippen LogP contribution in [0, 0.1) is 11.8 Å². The molecule has 0 aromatic rings. The number of amides is 2. The highest BCUT2D eigenvalue weighted by Gasteiger charge is 2.25. The van der Waals surface area contributed by atoms with Gasteiger partial charge in [0.15, 0.2) is 0 Å². The SMILES string of the molecule is CC(C)CNC(=O)[C@H](C)NC(=O)[C@@H](NC(C)C)C(C)C. The zero-order valence-electron chi connectivity index (χ0n) is 13.9. The summed E-state index contributed by atoms with van der Waals surface area (Å²) < 4.78 is 0. The molecule has 0 aliphatic heterocycles. The maximum atomic E-state index is 12.2. The molecule has 0 aliphatic carbocycles. The van der Waals surface area contributed by atoms with E-state index in [2.05, 4.69) is 16.0 Å². The average molecular weight is 285 g/mol. The first kappa shape index (κ1) is 18.9. The van der Waals surface area contributed by atoms with Crippen molar-refractivity contribution in [3.8, 4) is 0 Å². The lowest BCUT2D eigenvalue weighted by Gasteiger charge is -2.25. The lowest BCUT2D eigenvalue weighted by molar-refractivity contribution is -0.130. The van der Waals surface area contributed by atoms with Crippen molar-refractivity contribution in [1.29, 1.82) is 0 Å². The largest absolute Gasteiger partial charge is 0.354 e. The highest BCUT2D eigenvalue weighted by Crippen LogP contribution is 2.04. The van der Waals surface area contributed by atoms with Crippen LogP contribution in [0.5, 0.6) is 0 Å². The van der Waals surface area contributed by atoms with Crippen LogP contribution in [-0.4, -0.2) is 36.5 Å². The molecular weight excluding hydrogens is 254 g/mol. The summed E-state index contributed by atoms with van der Waals surface area (Å²) in [5.74, 6) is 0.302. The summed E-state index contributed by atoms with van der Waals surface area (Å²) in [6.45, 7) is 14.4. The molecular formula is C15H31N3O2. The molecule has 0 saturated heterocycles. The van der Waals surface area contributed by atoms with Crippen LogP contribution in [0.15, 0.2) is 0 Å². The second-order valence-corrected chi connectivity index (χ2v) is 6.41. The first-order valence-corrected chi connectivity index (χ1v) is 7.49. The van der Waals surface area contributed by atoms with Crippen molar-refractivity contribution >= 4 is 11.8 Å². The third-order valence-electron chi connectivity index (χ3n) is 2.90. The minimum atomic E-state index is -0.517. The van der Waals surface area contributed by atoms with Crippen molar-refractivity contribution in [2.75, 3.05) is 6.54 Å². The lowest BCUT2D eigenvalue weighted by Crippen LogP contribution is -2.54. The Hall–Kier alpha value is -1.10. The Morgan fingerprint density at radius 3 is 1.85 bits per heavy atom. The molecule has 5 heteroatoms. The average Bonchev–Trinajstić information content (AvgIpc) is 2.31. The van der Waals surface area contributed by atoms with Crippen molar-refractivity contribution in [3.05, 3.63) is 0 Å². The Morgan fingerprint density at radius 1 is 0.900 bits per heavy atom. The van der Waals surface area contributed by atoms with Crippen molar-refractivity contribution in [3.63, 3.8) is 0 Å². The van der Waals surface area contributed by atoms with E-state index in [0.717, 1.165) is 0 Å². The standard InChI is InChI=1S/C15H31N3O2/c1-9(2)8-16-14(19)12(7)18-15(20)13(10(3)4)17-11(5)6/h9-13,17H,8H2,1-7H3,(H,16,19)(H,18,20)/t12-,13-/m0/s1. The van der Waals surface area contributed by atoms with Crippen LogP contribution in [0.2, 0.25) is 0 Å². The molecule has 0 aromatic heterocycles. The van der Waals surface area contributed by atoms with Crippen LogP contribution in [0.1, 0.15) is 48.5 Å². The molecule has 0 fully saturated rings. The van der Waals surface area contributed by atoms with E-state index >= 15 is 0 Å². The number of hydrogen-bond acceptors (Lipinski definition) is 3. The van der Waals surface area contributed by atoms with Gasteiger partial charge in [0.1, 0.15) is 6.04 Å². The van der Waals surface area contributed by atoms with Crippen molar-refractivity contribution in [2.24, 2.45) is 11.8 Å². The first-order valence-electron chi connectivity index (χ1n) is 7.49. The van der Waals surface area contributed by atoms with E-state index in [0.29, 0.717) is 12.5 Å². The number of carbonyl (C=O) groups excluding carboxylic acids is 2. The maximum absolute atomic E-state index is 12.2. The van der Waals surface area contributed by atoms with Crippen LogP contribution >= 0.6 is 0 Å². The lowest BCUT2D eigenvalue weighted by atomic mass is 10.0. The molecule has 0 unspecified atom stereocenters. The van der Waals surface area contributed by atoms with Gasteiger partial charge in [0.25, 0.3) is 0 Å². The van der Waals surface area contributed by atoms with Crippen LogP contribution in [0.4, 0.5) is 0 Å². The molecule has 118 valence electrons. The van der Waals surface area contributed by atoms with Gasteiger partial charge in [-0.2, -0.15) is 0 Å². The van der Waals surface area contributed by atoms with Gasteiger partial charge in [0, 0.05) is 12.6 Å². The number of carbonyl (C=O) groups is 2. The van der Waals surface area contributed by atoms with E-state index in [9.17, 15) is 9.59 Å². The zero-order valence-corrected chi connectivity index (χ0v) is 13.9. The molecule has 0 bridgehead atoms. The van der Waals surface area contributed by atoms with Crippen molar-refractivity contribution in [2.45, 2.75) is 66.6 Å². The second kappa shape index (κ2) is 8.95. The smallest absolute Gasteiger partial charge is 0.242 e.